The van der Waals surface area contributed by atoms with Crippen molar-refractivity contribution in [1.29, 1.82) is 0 Å². The van der Waals surface area contributed by atoms with E-state index in [2.05, 4.69) is 17.9 Å². The number of carboxylic acids is 1. The van der Waals surface area contributed by atoms with Crippen molar-refractivity contribution in [3.05, 3.63) is 38.0 Å². The van der Waals surface area contributed by atoms with Crippen LogP contribution in [0.1, 0.15) is 52.9 Å². The molecule has 1 rings (SSSR count). The van der Waals surface area contributed by atoms with Crippen LogP contribution < -0.4 is 0 Å². The zero-order valence-electron chi connectivity index (χ0n) is 16.3. The first-order valence-electron chi connectivity index (χ1n) is 8.65. The smallest absolute Gasteiger partial charge is 0.313 e. The Balaban J connectivity index is 0.00000110. The van der Waals surface area contributed by atoms with Gasteiger partial charge in [-0.15, -0.1) is 0 Å². The highest BCUT2D eigenvalue weighted by Crippen LogP contribution is 2.44. The highest BCUT2D eigenvalue weighted by molar-refractivity contribution is 5.79. The van der Waals surface area contributed by atoms with Gasteiger partial charge in [-0.05, 0) is 46.1 Å². The lowest BCUT2D eigenvalue weighted by Gasteiger charge is -2.29. The number of hydrogen-bond donors (Lipinski definition) is 1. The molecule has 0 amide bonds. The standard InChI is InChI=1S/C16H26O5.C4H6O/c1-15(2,3)21-13(17)12(7-10-20-4)11-16(14(18)19)8-5-6-9-16;1-3-5-4-2/h7,10,12H,5-6,8-9,11H2,1-4H3,(H,18,19);3-4H,1-2H2/b10-7+;. The third kappa shape index (κ3) is 8.74. The van der Waals surface area contributed by atoms with E-state index in [4.69, 9.17) is 9.47 Å². The van der Waals surface area contributed by atoms with Gasteiger partial charge in [0.05, 0.1) is 37.2 Å². The van der Waals surface area contributed by atoms with Gasteiger partial charge in [-0.1, -0.05) is 26.0 Å². The first-order chi connectivity index (χ1) is 12.1. The summed E-state index contributed by atoms with van der Waals surface area (Å²) in [5.74, 6) is -1.82. The van der Waals surface area contributed by atoms with Gasteiger partial charge in [0.25, 0.3) is 0 Å². The second-order valence-corrected chi connectivity index (χ2v) is 7.17. The number of hydrogen-bond acceptors (Lipinski definition) is 5. The van der Waals surface area contributed by atoms with E-state index < -0.39 is 28.9 Å². The molecule has 1 atom stereocenters. The lowest BCUT2D eigenvalue weighted by atomic mass is 9.77. The van der Waals surface area contributed by atoms with Gasteiger partial charge in [0.2, 0.25) is 0 Å². The second-order valence-electron chi connectivity index (χ2n) is 7.17. The largest absolute Gasteiger partial charge is 0.505 e. The van der Waals surface area contributed by atoms with E-state index in [1.807, 2.05) is 0 Å². The molecule has 0 aromatic carbocycles. The molecule has 1 fully saturated rings. The molecule has 0 bridgehead atoms. The highest BCUT2D eigenvalue weighted by Gasteiger charge is 2.44. The minimum atomic E-state index is -0.820. The van der Waals surface area contributed by atoms with Crippen LogP contribution in [0.15, 0.2) is 38.0 Å². The molecule has 6 nitrogen and oxygen atoms in total. The molecule has 0 heterocycles. The number of carbonyl (C=O) groups excluding carboxylic acids is 1. The van der Waals surface area contributed by atoms with Crippen LogP contribution in [-0.2, 0) is 23.8 Å². The SMILES string of the molecule is C=COC=C.CO/C=C/C(CC1(C(=O)O)CCCC1)C(=O)OC(C)(C)C. The van der Waals surface area contributed by atoms with Crippen molar-refractivity contribution < 1.29 is 28.9 Å². The van der Waals surface area contributed by atoms with E-state index in [1.165, 1.54) is 25.9 Å². The molecule has 1 N–H and O–H groups in total. The molecule has 0 saturated heterocycles. The number of carbonyl (C=O) groups is 2. The average Bonchev–Trinajstić information content (AvgIpc) is 3.01. The van der Waals surface area contributed by atoms with Gasteiger partial charge in [0, 0.05) is 0 Å². The maximum atomic E-state index is 12.3. The van der Waals surface area contributed by atoms with Crippen molar-refractivity contribution in [1.82, 2.24) is 0 Å². The van der Waals surface area contributed by atoms with Crippen molar-refractivity contribution in [2.24, 2.45) is 11.3 Å². The average molecular weight is 368 g/mol. The topological polar surface area (TPSA) is 82.1 Å². The molecule has 1 aliphatic rings. The number of methoxy groups -OCH3 is 1. The van der Waals surface area contributed by atoms with Crippen LogP contribution in [0.4, 0.5) is 0 Å². The van der Waals surface area contributed by atoms with E-state index in [9.17, 15) is 14.7 Å². The summed E-state index contributed by atoms with van der Waals surface area (Å²) < 4.78 is 14.6. The minimum Gasteiger partial charge on any atom is -0.505 e. The van der Waals surface area contributed by atoms with Gasteiger partial charge in [0.15, 0.2) is 0 Å². The first-order valence-corrected chi connectivity index (χ1v) is 8.65. The Kier molecular flexibility index (Phi) is 10.4. The van der Waals surface area contributed by atoms with Gasteiger partial charge in [-0.3, -0.25) is 9.59 Å². The van der Waals surface area contributed by atoms with Crippen molar-refractivity contribution in [3.8, 4) is 0 Å². The molecule has 1 aliphatic carbocycles. The zero-order valence-corrected chi connectivity index (χ0v) is 16.3. The predicted molar refractivity (Wildman–Crippen MR) is 100 cm³/mol. The Bertz CT molecular complexity index is 489. The van der Waals surface area contributed by atoms with E-state index in [0.717, 1.165) is 12.8 Å². The van der Waals surface area contributed by atoms with Gasteiger partial charge in [-0.25, -0.2) is 0 Å². The summed E-state index contributed by atoms with van der Waals surface area (Å²) in [6.07, 6.45) is 8.90. The fourth-order valence-corrected chi connectivity index (χ4v) is 2.83. The molecule has 0 radical (unpaired) electrons. The van der Waals surface area contributed by atoms with Gasteiger partial charge in [-0.2, -0.15) is 0 Å². The first kappa shape index (κ1) is 23.8. The van der Waals surface area contributed by atoms with Gasteiger partial charge < -0.3 is 19.3 Å². The lowest BCUT2D eigenvalue weighted by Crippen LogP contribution is -2.35. The Morgan fingerprint density at radius 2 is 1.73 bits per heavy atom. The minimum absolute atomic E-state index is 0.261. The fraction of sp³-hybridized carbons (Fsp3) is 0.600. The molecule has 1 unspecified atom stereocenters. The molecule has 1 saturated carbocycles. The Morgan fingerprint density at radius 3 is 2.08 bits per heavy atom. The van der Waals surface area contributed by atoms with E-state index >= 15 is 0 Å². The maximum absolute atomic E-state index is 12.3. The molecule has 26 heavy (non-hydrogen) atoms. The van der Waals surface area contributed by atoms with Crippen molar-refractivity contribution in [2.75, 3.05) is 7.11 Å². The number of carboxylic acid groups (broad SMARTS) is 1. The van der Waals surface area contributed by atoms with E-state index in [0.29, 0.717) is 12.8 Å². The second kappa shape index (κ2) is 11.4. The molecule has 0 aromatic heterocycles. The number of esters is 1. The van der Waals surface area contributed by atoms with E-state index in [-0.39, 0.29) is 6.42 Å². The van der Waals surface area contributed by atoms with Crippen molar-refractivity contribution >= 4 is 11.9 Å². The normalized spacial score (nSPS) is 16.8. The number of rotatable bonds is 8. The Labute approximate surface area is 156 Å². The summed E-state index contributed by atoms with van der Waals surface area (Å²) in [5.41, 5.74) is -1.41. The summed E-state index contributed by atoms with van der Waals surface area (Å²) in [4.78, 5) is 23.9. The maximum Gasteiger partial charge on any atom is 0.313 e. The highest BCUT2D eigenvalue weighted by atomic mass is 16.6. The summed E-state index contributed by atoms with van der Waals surface area (Å²) in [5, 5.41) is 9.54. The summed E-state index contributed by atoms with van der Waals surface area (Å²) >= 11 is 0. The van der Waals surface area contributed by atoms with Gasteiger partial charge in [0.1, 0.15) is 5.60 Å². The molecule has 0 aromatic rings. The fourth-order valence-electron chi connectivity index (χ4n) is 2.83. The summed E-state index contributed by atoms with van der Waals surface area (Å²) in [6.45, 7) is 11.9. The monoisotopic (exact) mass is 368 g/mol. The van der Waals surface area contributed by atoms with Gasteiger partial charge >= 0.3 is 11.9 Å². The van der Waals surface area contributed by atoms with Crippen LogP contribution in [0.2, 0.25) is 0 Å². The van der Waals surface area contributed by atoms with Crippen LogP contribution in [0.5, 0.6) is 0 Å². The van der Waals surface area contributed by atoms with Crippen molar-refractivity contribution in [2.45, 2.75) is 58.5 Å². The lowest BCUT2D eigenvalue weighted by molar-refractivity contribution is -0.161. The van der Waals surface area contributed by atoms with Crippen LogP contribution >= 0.6 is 0 Å². The van der Waals surface area contributed by atoms with Crippen LogP contribution in [0, 0.1) is 11.3 Å². The Hall–Kier alpha value is -2.24. The molecular formula is C20H32O6. The number of ether oxygens (including phenoxy) is 3. The zero-order chi connectivity index (χ0) is 20.2. The summed E-state index contributed by atoms with van der Waals surface area (Å²) in [7, 11) is 1.49. The third-order valence-corrected chi connectivity index (χ3v) is 3.97. The molecule has 0 spiro atoms. The molecule has 0 aliphatic heterocycles. The molecule has 6 heteroatoms. The number of aliphatic carboxylic acids is 1. The molecule has 148 valence electrons. The van der Waals surface area contributed by atoms with E-state index in [1.54, 1.807) is 26.8 Å². The Morgan fingerprint density at radius 1 is 1.19 bits per heavy atom. The molecular weight excluding hydrogens is 336 g/mol. The third-order valence-electron chi connectivity index (χ3n) is 3.97. The quantitative estimate of drug-likeness (QED) is 0.504. The van der Waals surface area contributed by atoms with Crippen LogP contribution in [0.25, 0.3) is 0 Å². The predicted octanol–water partition coefficient (Wildman–Crippen LogP) is 4.43. The summed E-state index contributed by atoms with van der Waals surface area (Å²) in [6, 6.07) is 0. The van der Waals surface area contributed by atoms with Crippen LogP contribution in [-0.4, -0.2) is 29.8 Å². The van der Waals surface area contributed by atoms with Crippen LogP contribution in [0.3, 0.4) is 0 Å². The van der Waals surface area contributed by atoms with Crippen molar-refractivity contribution in [3.63, 3.8) is 0 Å².